The van der Waals surface area contributed by atoms with E-state index in [1.54, 1.807) is 18.2 Å². The Morgan fingerprint density at radius 2 is 2.18 bits per heavy atom. The maximum atomic E-state index is 12.3. The standard InChI is InChI=1S/C21H23ClN4O2/c1-3-26-13-17(28-20-7-5-4-6-19(20)26)12-25(2)14-21(27)24-16-9-8-15(11-23)18(22)10-16/h4-10,17H,3,12-14H2,1-2H3,(H,24,27)/t17-/m1/s1. The monoisotopic (exact) mass is 398 g/mol. The van der Waals surface area contributed by atoms with Gasteiger partial charge in [-0.15, -0.1) is 0 Å². The number of amides is 1. The lowest BCUT2D eigenvalue weighted by Crippen LogP contribution is -2.46. The van der Waals surface area contributed by atoms with E-state index in [2.05, 4.69) is 23.2 Å². The van der Waals surface area contributed by atoms with Gasteiger partial charge in [-0.05, 0) is 44.3 Å². The van der Waals surface area contributed by atoms with Crippen LogP contribution in [0.1, 0.15) is 12.5 Å². The number of nitriles is 1. The van der Waals surface area contributed by atoms with Crippen molar-refractivity contribution >= 4 is 28.9 Å². The molecule has 0 saturated carbocycles. The SMILES string of the molecule is CCN1C[C@@H](CN(C)CC(=O)Nc2ccc(C#N)c(Cl)c2)Oc2ccccc21. The van der Waals surface area contributed by atoms with Gasteiger partial charge in [0.25, 0.3) is 0 Å². The Morgan fingerprint density at radius 3 is 2.89 bits per heavy atom. The number of fused-ring (bicyclic) bond motifs is 1. The summed E-state index contributed by atoms with van der Waals surface area (Å²) in [6.45, 7) is 4.67. The van der Waals surface area contributed by atoms with Crippen molar-refractivity contribution in [2.45, 2.75) is 13.0 Å². The lowest BCUT2D eigenvalue weighted by atomic mass is 10.2. The highest BCUT2D eigenvalue weighted by atomic mass is 35.5. The first kappa shape index (κ1) is 20.0. The summed E-state index contributed by atoms with van der Waals surface area (Å²) in [6, 6.07) is 14.9. The van der Waals surface area contributed by atoms with Gasteiger partial charge in [0, 0.05) is 18.8 Å². The zero-order valence-electron chi connectivity index (χ0n) is 16.0. The average molecular weight is 399 g/mol. The first-order valence-electron chi connectivity index (χ1n) is 9.18. The third kappa shape index (κ3) is 4.75. The molecule has 1 aliphatic rings. The topological polar surface area (TPSA) is 68.6 Å². The van der Waals surface area contributed by atoms with Crippen LogP contribution in [-0.4, -0.2) is 50.1 Å². The number of carbonyl (C=O) groups excluding carboxylic acids is 1. The van der Waals surface area contributed by atoms with Crippen molar-refractivity contribution in [3.63, 3.8) is 0 Å². The van der Waals surface area contributed by atoms with Crippen molar-refractivity contribution in [3.05, 3.63) is 53.1 Å². The molecule has 0 aromatic heterocycles. The van der Waals surface area contributed by atoms with Gasteiger partial charge in [-0.3, -0.25) is 9.69 Å². The van der Waals surface area contributed by atoms with Crippen molar-refractivity contribution < 1.29 is 9.53 Å². The zero-order chi connectivity index (χ0) is 20.1. The summed E-state index contributed by atoms with van der Waals surface area (Å²) < 4.78 is 6.11. The molecule has 2 aromatic rings. The average Bonchev–Trinajstić information content (AvgIpc) is 2.67. The number of nitrogens with one attached hydrogen (secondary N) is 1. The Hall–Kier alpha value is -2.75. The van der Waals surface area contributed by atoms with E-state index in [4.69, 9.17) is 21.6 Å². The summed E-state index contributed by atoms with van der Waals surface area (Å²) in [4.78, 5) is 16.6. The molecule has 1 aliphatic heterocycles. The van der Waals surface area contributed by atoms with E-state index < -0.39 is 0 Å². The summed E-state index contributed by atoms with van der Waals surface area (Å²) in [5, 5.41) is 12.1. The molecule has 1 atom stereocenters. The number of carbonyl (C=O) groups is 1. The zero-order valence-corrected chi connectivity index (χ0v) is 16.7. The third-order valence-corrected chi connectivity index (χ3v) is 4.92. The summed E-state index contributed by atoms with van der Waals surface area (Å²) in [5.41, 5.74) is 2.06. The van der Waals surface area contributed by atoms with Crippen LogP contribution in [0.2, 0.25) is 5.02 Å². The highest BCUT2D eigenvalue weighted by Gasteiger charge is 2.25. The van der Waals surface area contributed by atoms with Gasteiger partial charge in [-0.2, -0.15) is 5.26 Å². The van der Waals surface area contributed by atoms with Crippen LogP contribution in [-0.2, 0) is 4.79 Å². The van der Waals surface area contributed by atoms with Gasteiger partial charge in [-0.25, -0.2) is 0 Å². The summed E-state index contributed by atoms with van der Waals surface area (Å²) in [7, 11) is 1.89. The molecule has 2 aromatic carbocycles. The van der Waals surface area contributed by atoms with Gasteiger partial charge in [-0.1, -0.05) is 23.7 Å². The molecule has 0 fully saturated rings. The van der Waals surface area contributed by atoms with E-state index >= 15 is 0 Å². The molecule has 6 nitrogen and oxygen atoms in total. The predicted octanol–water partition coefficient (Wildman–Crippen LogP) is 3.37. The molecular formula is C21H23ClN4O2. The number of rotatable bonds is 6. The first-order valence-corrected chi connectivity index (χ1v) is 9.56. The number of nitrogens with zero attached hydrogens (tertiary/aromatic N) is 3. The Bertz CT molecular complexity index is 896. The molecule has 0 aliphatic carbocycles. The quantitative estimate of drug-likeness (QED) is 0.807. The van der Waals surface area contributed by atoms with E-state index in [1.807, 2.05) is 36.2 Å². The van der Waals surface area contributed by atoms with Crippen molar-refractivity contribution in [1.82, 2.24) is 4.90 Å². The molecule has 1 heterocycles. The number of halogens is 1. The van der Waals surface area contributed by atoms with E-state index in [-0.39, 0.29) is 18.6 Å². The normalized spacial score (nSPS) is 15.5. The Morgan fingerprint density at radius 1 is 1.39 bits per heavy atom. The van der Waals surface area contributed by atoms with Crippen molar-refractivity contribution in [3.8, 4) is 11.8 Å². The first-order chi connectivity index (χ1) is 13.5. The molecule has 0 unspecified atom stereocenters. The largest absolute Gasteiger partial charge is 0.485 e. The number of hydrogen-bond acceptors (Lipinski definition) is 5. The van der Waals surface area contributed by atoms with E-state index in [0.717, 1.165) is 24.5 Å². The second-order valence-corrected chi connectivity index (χ2v) is 7.20. The van der Waals surface area contributed by atoms with Crippen LogP contribution in [0.25, 0.3) is 0 Å². The minimum absolute atomic E-state index is 0.0167. The van der Waals surface area contributed by atoms with Crippen LogP contribution in [0.15, 0.2) is 42.5 Å². The molecule has 0 spiro atoms. The number of likely N-dealkylation sites (N-methyl/N-ethyl adjacent to an activating group) is 2. The molecular weight excluding hydrogens is 376 g/mol. The Kier molecular flexibility index (Phi) is 6.40. The second kappa shape index (κ2) is 8.96. The molecule has 3 rings (SSSR count). The van der Waals surface area contributed by atoms with Gasteiger partial charge in [0.05, 0.1) is 29.4 Å². The van der Waals surface area contributed by atoms with Crippen LogP contribution in [0.4, 0.5) is 11.4 Å². The van der Waals surface area contributed by atoms with Crippen molar-refractivity contribution in [2.75, 3.05) is 43.4 Å². The smallest absolute Gasteiger partial charge is 0.238 e. The number of para-hydroxylation sites is 2. The fourth-order valence-electron chi connectivity index (χ4n) is 3.31. The lowest BCUT2D eigenvalue weighted by molar-refractivity contribution is -0.117. The summed E-state index contributed by atoms with van der Waals surface area (Å²) in [6.07, 6.45) is -0.0167. The highest BCUT2D eigenvalue weighted by molar-refractivity contribution is 6.32. The fourth-order valence-corrected chi connectivity index (χ4v) is 3.54. The van der Waals surface area contributed by atoms with Gasteiger partial charge in [0.1, 0.15) is 17.9 Å². The van der Waals surface area contributed by atoms with E-state index in [0.29, 0.717) is 22.8 Å². The molecule has 7 heteroatoms. The van der Waals surface area contributed by atoms with Gasteiger partial charge < -0.3 is 15.0 Å². The van der Waals surface area contributed by atoms with E-state index in [1.165, 1.54) is 0 Å². The van der Waals surface area contributed by atoms with Crippen LogP contribution < -0.4 is 15.0 Å². The van der Waals surface area contributed by atoms with Crippen molar-refractivity contribution in [2.24, 2.45) is 0 Å². The number of anilines is 2. The number of hydrogen-bond donors (Lipinski definition) is 1. The third-order valence-electron chi connectivity index (χ3n) is 4.61. The van der Waals surface area contributed by atoms with Gasteiger partial charge >= 0.3 is 0 Å². The number of benzene rings is 2. The Labute approximate surface area is 170 Å². The van der Waals surface area contributed by atoms with E-state index in [9.17, 15) is 4.79 Å². The van der Waals surface area contributed by atoms with Gasteiger partial charge in [0.2, 0.25) is 5.91 Å². The second-order valence-electron chi connectivity index (χ2n) is 6.80. The van der Waals surface area contributed by atoms with Crippen LogP contribution >= 0.6 is 11.6 Å². The molecule has 1 N–H and O–H groups in total. The van der Waals surface area contributed by atoms with Crippen LogP contribution in [0.5, 0.6) is 5.75 Å². The minimum atomic E-state index is -0.146. The van der Waals surface area contributed by atoms with Crippen molar-refractivity contribution in [1.29, 1.82) is 5.26 Å². The molecule has 28 heavy (non-hydrogen) atoms. The predicted molar refractivity (Wildman–Crippen MR) is 111 cm³/mol. The van der Waals surface area contributed by atoms with Gasteiger partial charge in [0.15, 0.2) is 0 Å². The van der Waals surface area contributed by atoms with Crippen LogP contribution in [0, 0.1) is 11.3 Å². The maximum absolute atomic E-state index is 12.3. The molecule has 1 amide bonds. The van der Waals surface area contributed by atoms with Crippen LogP contribution in [0.3, 0.4) is 0 Å². The molecule has 0 saturated heterocycles. The highest BCUT2D eigenvalue weighted by Crippen LogP contribution is 2.32. The summed E-state index contributed by atoms with van der Waals surface area (Å²) >= 11 is 6.01. The fraction of sp³-hybridized carbons (Fsp3) is 0.333. The molecule has 0 bridgehead atoms. The molecule has 0 radical (unpaired) electrons. The number of ether oxygens (including phenoxy) is 1. The minimum Gasteiger partial charge on any atom is -0.485 e. The lowest BCUT2D eigenvalue weighted by Gasteiger charge is -2.37. The molecule has 146 valence electrons. The Balaban J connectivity index is 1.55. The maximum Gasteiger partial charge on any atom is 0.238 e. The summed E-state index contributed by atoms with van der Waals surface area (Å²) in [5.74, 6) is 0.734.